The summed E-state index contributed by atoms with van der Waals surface area (Å²) >= 11 is 0. The first-order valence-corrected chi connectivity index (χ1v) is 4.69. The second-order valence-electron chi connectivity index (χ2n) is 3.55. The number of carbonyl (C=O) groups excluding carboxylic acids is 1. The van der Waals surface area contributed by atoms with Gasteiger partial charge in [-0.3, -0.25) is 4.79 Å². The van der Waals surface area contributed by atoms with Crippen molar-refractivity contribution in [3.63, 3.8) is 0 Å². The fourth-order valence-corrected chi connectivity index (χ4v) is 1.24. The second-order valence-corrected chi connectivity index (χ2v) is 3.55. The quantitative estimate of drug-likeness (QED) is 0.475. The predicted molar refractivity (Wildman–Crippen MR) is 55.4 cm³/mol. The van der Waals surface area contributed by atoms with Crippen molar-refractivity contribution in [2.75, 3.05) is 0 Å². The van der Waals surface area contributed by atoms with Gasteiger partial charge in [0.25, 0.3) is 0 Å². The third-order valence-electron chi connectivity index (χ3n) is 2.17. The molecule has 0 unspecified atom stereocenters. The van der Waals surface area contributed by atoms with Crippen molar-refractivity contribution < 1.29 is 4.79 Å². The van der Waals surface area contributed by atoms with Crippen LogP contribution in [0.2, 0.25) is 0 Å². The van der Waals surface area contributed by atoms with Crippen LogP contribution in [0.4, 0.5) is 0 Å². The van der Waals surface area contributed by atoms with E-state index >= 15 is 0 Å². The molecule has 0 aromatic heterocycles. The fraction of sp³-hybridized carbons (Fsp3) is 0.417. The first kappa shape index (κ1) is 9.97. The van der Waals surface area contributed by atoms with E-state index in [9.17, 15) is 4.79 Å². The predicted octanol–water partition coefficient (Wildman–Crippen LogP) is 3.04. The molecule has 0 heterocycles. The van der Waals surface area contributed by atoms with Gasteiger partial charge in [-0.1, -0.05) is 18.7 Å². The molecule has 0 saturated heterocycles. The van der Waals surface area contributed by atoms with E-state index in [0.717, 1.165) is 24.0 Å². The molecule has 1 fully saturated rings. The Kier molecular flexibility index (Phi) is 3.24. The van der Waals surface area contributed by atoms with E-state index < -0.39 is 0 Å². The smallest absolute Gasteiger partial charge is 0.181 e. The Balaban J connectivity index is 2.57. The van der Waals surface area contributed by atoms with Crippen molar-refractivity contribution in [1.82, 2.24) is 0 Å². The van der Waals surface area contributed by atoms with E-state index in [1.165, 1.54) is 0 Å². The molecule has 0 aliphatic heterocycles. The molecule has 1 rings (SSSR count). The van der Waals surface area contributed by atoms with Gasteiger partial charge in [0.15, 0.2) is 5.78 Å². The molecule has 0 radical (unpaired) electrons. The van der Waals surface area contributed by atoms with Crippen molar-refractivity contribution in [1.29, 1.82) is 0 Å². The van der Waals surface area contributed by atoms with Crippen LogP contribution in [0.3, 0.4) is 0 Å². The van der Waals surface area contributed by atoms with Crippen LogP contribution in [-0.2, 0) is 4.79 Å². The zero-order valence-electron chi connectivity index (χ0n) is 8.34. The lowest BCUT2D eigenvalue weighted by Crippen LogP contribution is -1.99. The molecule has 70 valence electrons. The molecular formula is C12H16O. The first-order chi connectivity index (χ1) is 6.15. The molecule has 1 saturated carbocycles. The van der Waals surface area contributed by atoms with E-state index in [-0.39, 0.29) is 5.78 Å². The van der Waals surface area contributed by atoms with Crippen LogP contribution in [-0.4, -0.2) is 5.78 Å². The van der Waals surface area contributed by atoms with Crippen LogP contribution in [0.15, 0.2) is 36.0 Å². The lowest BCUT2D eigenvalue weighted by Gasteiger charge is -1.97. The highest BCUT2D eigenvalue weighted by Crippen LogP contribution is 2.36. The zero-order valence-corrected chi connectivity index (χ0v) is 8.34. The van der Waals surface area contributed by atoms with Gasteiger partial charge in [-0.25, -0.2) is 0 Å². The van der Waals surface area contributed by atoms with Gasteiger partial charge in [0, 0.05) is 0 Å². The minimum Gasteiger partial charge on any atom is -0.290 e. The Hall–Kier alpha value is -1.11. The fourth-order valence-electron chi connectivity index (χ4n) is 1.24. The molecule has 1 aliphatic rings. The molecule has 0 bridgehead atoms. The van der Waals surface area contributed by atoms with Gasteiger partial charge in [0.2, 0.25) is 0 Å². The highest BCUT2D eigenvalue weighted by atomic mass is 16.1. The van der Waals surface area contributed by atoms with Gasteiger partial charge in [0.05, 0.1) is 0 Å². The second kappa shape index (κ2) is 4.22. The van der Waals surface area contributed by atoms with E-state index in [2.05, 4.69) is 6.58 Å². The van der Waals surface area contributed by atoms with E-state index in [1.54, 1.807) is 6.08 Å². The third-order valence-corrected chi connectivity index (χ3v) is 2.17. The molecule has 0 atom stereocenters. The number of rotatable bonds is 4. The Labute approximate surface area is 79.8 Å². The Bertz CT molecular complexity index is 277. The summed E-state index contributed by atoms with van der Waals surface area (Å²) in [5.41, 5.74) is 1.78. The Morgan fingerprint density at radius 2 is 2.08 bits per heavy atom. The third kappa shape index (κ3) is 3.02. The summed E-state index contributed by atoms with van der Waals surface area (Å²) < 4.78 is 0. The largest absolute Gasteiger partial charge is 0.290 e. The molecule has 1 heteroatoms. The summed E-state index contributed by atoms with van der Waals surface area (Å²) in [5.74, 6) is 0.570. The Morgan fingerprint density at radius 1 is 1.46 bits per heavy atom. The highest BCUT2D eigenvalue weighted by molar-refractivity contribution is 6.04. The maximum atomic E-state index is 11.5. The lowest BCUT2D eigenvalue weighted by atomic mass is 10.1. The number of carbonyl (C=O) groups is 1. The van der Waals surface area contributed by atoms with Crippen molar-refractivity contribution in [2.24, 2.45) is 5.92 Å². The van der Waals surface area contributed by atoms with Crippen molar-refractivity contribution >= 4 is 5.78 Å². The molecule has 1 nitrogen and oxygen atoms in total. The normalized spacial score (nSPS) is 17.8. The van der Waals surface area contributed by atoms with Crippen LogP contribution in [0.1, 0.15) is 26.7 Å². The SMILES string of the molecule is C=C(C(=O)C=C(C)C=CC)C1CC1. The van der Waals surface area contributed by atoms with Crippen LogP contribution in [0, 0.1) is 5.92 Å². The van der Waals surface area contributed by atoms with Crippen molar-refractivity contribution in [3.05, 3.63) is 36.0 Å². The van der Waals surface area contributed by atoms with Gasteiger partial charge in [-0.2, -0.15) is 0 Å². The molecule has 0 amide bonds. The van der Waals surface area contributed by atoms with Crippen LogP contribution in [0.25, 0.3) is 0 Å². The number of hydrogen-bond acceptors (Lipinski definition) is 1. The first-order valence-electron chi connectivity index (χ1n) is 4.69. The van der Waals surface area contributed by atoms with E-state index in [4.69, 9.17) is 0 Å². The summed E-state index contributed by atoms with van der Waals surface area (Å²) in [6.07, 6.45) is 7.81. The molecule has 0 aromatic carbocycles. The minimum atomic E-state index is 0.0955. The molecule has 13 heavy (non-hydrogen) atoms. The van der Waals surface area contributed by atoms with E-state index in [1.807, 2.05) is 26.0 Å². The number of ketones is 1. The lowest BCUT2D eigenvalue weighted by molar-refractivity contribution is -0.111. The molecule has 0 spiro atoms. The molecule has 0 aromatic rings. The monoisotopic (exact) mass is 176 g/mol. The van der Waals surface area contributed by atoms with Crippen molar-refractivity contribution in [3.8, 4) is 0 Å². The van der Waals surface area contributed by atoms with Gasteiger partial charge >= 0.3 is 0 Å². The number of allylic oxidation sites excluding steroid dienone is 5. The maximum absolute atomic E-state index is 11.5. The van der Waals surface area contributed by atoms with Gasteiger partial charge in [-0.05, 0) is 49.8 Å². The highest BCUT2D eigenvalue weighted by Gasteiger charge is 2.27. The average Bonchev–Trinajstić information content (AvgIpc) is 2.85. The molecular weight excluding hydrogens is 160 g/mol. The van der Waals surface area contributed by atoms with Crippen LogP contribution >= 0.6 is 0 Å². The topological polar surface area (TPSA) is 17.1 Å². The molecule has 0 N–H and O–H groups in total. The average molecular weight is 176 g/mol. The summed E-state index contributed by atoms with van der Waals surface area (Å²) in [5, 5.41) is 0. The standard InChI is InChI=1S/C12H16O/c1-4-5-9(2)8-12(13)10(3)11-6-7-11/h4-5,8,11H,3,6-7H2,1-2H3. The minimum absolute atomic E-state index is 0.0955. The summed E-state index contributed by atoms with van der Waals surface area (Å²) in [6, 6.07) is 0. The van der Waals surface area contributed by atoms with Gasteiger partial charge in [-0.15, -0.1) is 0 Å². The van der Waals surface area contributed by atoms with Crippen LogP contribution < -0.4 is 0 Å². The molecule has 1 aliphatic carbocycles. The van der Waals surface area contributed by atoms with Gasteiger partial charge in [0.1, 0.15) is 0 Å². The summed E-state index contributed by atoms with van der Waals surface area (Å²) in [6.45, 7) is 7.68. The van der Waals surface area contributed by atoms with Gasteiger partial charge < -0.3 is 0 Å². The summed E-state index contributed by atoms with van der Waals surface area (Å²) in [4.78, 5) is 11.5. The van der Waals surface area contributed by atoms with E-state index in [0.29, 0.717) is 5.92 Å². The van der Waals surface area contributed by atoms with Crippen LogP contribution in [0.5, 0.6) is 0 Å². The number of hydrogen-bond donors (Lipinski definition) is 0. The maximum Gasteiger partial charge on any atom is 0.181 e. The van der Waals surface area contributed by atoms with Crippen molar-refractivity contribution in [2.45, 2.75) is 26.7 Å². The Morgan fingerprint density at radius 3 is 2.54 bits per heavy atom. The zero-order chi connectivity index (χ0) is 9.84. The summed E-state index contributed by atoms with van der Waals surface area (Å²) in [7, 11) is 0.